The van der Waals surface area contributed by atoms with Crippen LogP contribution in [0, 0.1) is 0 Å². The molecular weight excluding hydrogens is 403 g/mol. The van der Waals surface area contributed by atoms with E-state index in [1.54, 1.807) is 24.3 Å². The molecule has 0 fully saturated rings. The van der Waals surface area contributed by atoms with Gasteiger partial charge in [0.25, 0.3) is 10.1 Å². The Bertz CT molecular complexity index is 836. The molecule has 2 rings (SSSR count). The van der Waals surface area contributed by atoms with E-state index < -0.39 is 10.1 Å². The van der Waals surface area contributed by atoms with E-state index in [0.29, 0.717) is 12.0 Å². The second-order valence-corrected chi connectivity index (χ2v) is 8.03. The van der Waals surface area contributed by atoms with Crippen LogP contribution in [0.25, 0.3) is 0 Å². The largest absolute Gasteiger partial charge is 1.00 e. The summed E-state index contributed by atoms with van der Waals surface area (Å²) < 4.78 is 38.7. The molecule has 0 amide bonds. The standard InChI is InChI=1S/C21H28O5S.K/c1-2-3-4-5-6-7-8-12-17-13-11-16-20(27(23,24)25)21(17)26-19-15-10-9-14-18(19)22;/h9-11,13-16,22H,2-8,12H2,1H3,(H,23,24,25);/q;+1/p-1. The molecule has 0 spiro atoms. The second kappa shape index (κ2) is 13.0. The average Bonchev–Trinajstić information content (AvgIpc) is 2.63. The molecule has 28 heavy (non-hydrogen) atoms. The van der Waals surface area contributed by atoms with E-state index in [1.807, 2.05) is 0 Å². The van der Waals surface area contributed by atoms with Gasteiger partial charge in [0.05, 0.1) is 0 Å². The maximum atomic E-state index is 11.9. The molecular formula is C21H27KO5S. The molecule has 0 heterocycles. The predicted molar refractivity (Wildman–Crippen MR) is 104 cm³/mol. The second-order valence-electron chi connectivity index (χ2n) is 6.64. The van der Waals surface area contributed by atoms with Crippen molar-refractivity contribution in [2.75, 3.05) is 0 Å². The Balaban J connectivity index is 0.00000392. The van der Waals surface area contributed by atoms with Crippen molar-refractivity contribution in [2.24, 2.45) is 0 Å². The first-order valence-electron chi connectivity index (χ1n) is 9.46. The number of ether oxygens (including phenoxy) is 1. The molecule has 2 aromatic rings. The van der Waals surface area contributed by atoms with Crippen molar-refractivity contribution >= 4 is 10.1 Å². The van der Waals surface area contributed by atoms with Gasteiger partial charge in [0.1, 0.15) is 10.6 Å². The van der Waals surface area contributed by atoms with Crippen LogP contribution in [0.15, 0.2) is 47.4 Å². The van der Waals surface area contributed by atoms with E-state index in [4.69, 9.17) is 4.74 Å². The normalized spacial score (nSPS) is 11.1. The van der Waals surface area contributed by atoms with Crippen LogP contribution in [0.3, 0.4) is 0 Å². The van der Waals surface area contributed by atoms with E-state index >= 15 is 0 Å². The molecule has 0 saturated heterocycles. The zero-order valence-electron chi connectivity index (χ0n) is 16.7. The molecule has 0 aliphatic rings. The van der Waals surface area contributed by atoms with Gasteiger partial charge in [-0.05, 0) is 30.5 Å². The Kier molecular flexibility index (Phi) is 11.9. The molecule has 0 radical (unpaired) electrons. The van der Waals surface area contributed by atoms with Gasteiger partial charge >= 0.3 is 51.4 Å². The summed E-state index contributed by atoms with van der Waals surface area (Å²) in [5, 5.41) is 11.9. The average molecular weight is 431 g/mol. The number of benzene rings is 2. The first kappa shape index (κ1) is 25.6. The molecule has 0 aromatic heterocycles. The van der Waals surface area contributed by atoms with Gasteiger partial charge in [0, 0.05) is 0 Å². The molecule has 7 heteroatoms. The zero-order chi connectivity index (χ0) is 19.7. The van der Waals surface area contributed by atoms with Gasteiger partial charge in [0.15, 0.2) is 5.75 Å². The van der Waals surface area contributed by atoms with Crippen molar-refractivity contribution in [3.63, 3.8) is 0 Å². The summed E-state index contributed by atoms with van der Waals surface area (Å²) >= 11 is 0. The third-order valence-electron chi connectivity index (χ3n) is 4.45. The van der Waals surface area contributed by atoms with E-state index in [-0.39, 0.29) is 73.5 Å². The van der Waals surface area contributed by atoms with Gasteiger partial charge in [-0.25, -0.2) is 0 Å². The maximum Gasteiger partial charge on any atom is 1.00 e. The number of unbranched alkanes of at least 4 members (excludes halogenated alkanes) is 6. The summed E-state index contributed by atoms with van der Waals surface area (Å²) in [4.78, 5) is -0.314. The van der Waals surface area contributed by atoms with Gasteiger partial charge in [-0.15, -0.1) is 0 Å². The number of rotatable bonds is 11. The van der Waals surface area contributed by atoms with E-state index in [1.165, 1.54) is 43.9 Å². The summed E-state index contributed by atoms with van der Waals surface area (Å²) in [6.07, 6.45) is 8.58. The Morgan fingerprint density at radius 3 is 2.21 bits per heavy atom. The van der Waals surface area contributed by atoms with E-state index in [9.17, 15) is 18.1 Å². The molecule has 0 saturated carbocycles. The minimum Gasteiger partial charge on any atom is -0.870 e. The summed E-state index contributed by atoms with van der Waals surface area (Å²) in [6, 6.07) is 10.7. The molecule has 148 valence electrons. The minimum absolute atomic E-state index is 0. The zero-order valence-corrected chi connectivity index (χ0v) is 20.6. The molecule has 0 bridgehead atoms. The first-order chi connectivity index (χ1) is 12.9. The van der Waals surface area contributed by atoms with Crippen LogP contribution in [0.1, 0.15) is 57.4 Å². The van der Waals surface area contributed by atoms with E-state index in [2.05, 4.69) is 6.92 Å². The van der Waals surface area contributed by atoms with Crippen molar-refractivity contribution in [1.82, 2.24) is 0 Å². The van der Waals surface area contributed by atoms with E-state index in [0.717, 1.165) is 19.3 Å². The van der Waals surface area contributed by atoms with Crippen molar-refractivity contribution in [2.45, 2.75) is 63.2 Å². The van der Waals surface area contributed by atoms with Crippen LogP contribution in [0.2, 0.25) is 0 Å². The van der Waals surface area contributed by atoms with Gasteiger partial charge in [-0.3, -0.25) is 4.55 Å². The fourth-order valence-electron chi connectivity index (χ4n) is 2.99. The Labute approximate surface area is 210 Å². The van der Waals surface area contributed by atoms with Crippen molar-refractivity contribution in [1.29, 1.82) is 0 Å². The van der Waals surface area contributed by atoms with Crippen LogP contribution in [0.5, 0.6) is 17.2 Å². The minimum atomic E-state index is -4.46. The fraction of sp³-hybridized carbons (Fsp3) is 0.429. The molecule has 0 atom stereocenters. The summed E-state index contributed by atoms with van der Waals surface area (Å²) in [7, 11) is -4.46. The SMILES string of the molecule is CCCCCCCCCc1cccc(S(=O)(=O)O)c1Oc1ccccc1[O-].[K+]. The summed E-state index contributed by atoms with van der Waals surface area (Å²) in [6.45, 7) is 2.18. The number of para-hydroxylation sites is 3. The number of hydrogen-bond donors (Lipinski definition) is 1. The van der Waals surface area contributed by atoms with Crippen LogP contribution >= 0.6 is 0 Å². The molecule has 0 unspecified atom stereocenters. The topological polar surface area (TPSA) is 86.7 Å². The molecule has 0 aliphatic carbocycles. The monoisotopic (exact) mass is 430 g/mol. The maximum absolute atomic E-state index is 11.9. The van der Waals surface area contributed by atoms with Gasteiger partial charge in [0.2, 0.25) is 0 Å². The molecule has 2 aromatic carbocycles. The van der Waals surface area contributed by atoms with Crippen LogP contribution in [-0.4, -0.2) is 13.0 Å². The molecule has 1 N–H and O–H groups in total. The Hall–Kier alpha value is -0.414. The third kappa shape index (κ3) is 8.14. The van der Waals surface area contributed by atoms with Gasteiger partial charge in [-0.1, -0.05) is 81.5 Å². The smallest absolute Gasteiger partial charge is 0.870 e. The third-order valence-corrected chi connectivity index (χ3v) is 5.33. The van der Waals surface area contributed by atoms with Crippen LogP contribution in [0.4, 0.5) is 0 Å². The summed E-state index contributed by atoms with van der Waals surface area (Å²) in [5.74, 6) is -0.270. The number of hydrogen-bond acceptors (Lipinski definition) is 4. The van der Waals surface area contributed by atoms with Crippen LogP contribution in [-0.2, 0) is 16.5 Å². The predicted octanol–water partition coefficient (Wildman–Crippen LogP) is 2.10. The molecule has 5 nitrogen and oxygen atoms in total. The quantitative estimate of drug-likeness (QED) is 0.335. The first-order valence-corrected chi connectivity index (χ1v) is 10.9. The fourth-order valence-corrected chi connectivity index (χ4v) is 3.65. The Morgan fingerprint density at radius 2 is 1.57 bits per heavy atom. The van der Waals surface area contributed by atoms with Crippen LogP contribution < -0.4 is 61.2 Å². The van der Waals surface area contributed by atoms with Gasteiger partial charge in [-0.2, -0.15) is 8.42 Å². The van der Waals surface area contributed by atoms with Crippen molar-refractivity contribution in [3.05, 3.63) is 48.0 Å². The van der Waals surface area contributed by atoms with Crippen molar-refractivity contribution < 1.29 is 74.2 Å². The summed E-state index contributed by atoms with van der Waals surface area (Å²) in [5.41, 5.74) is 0.668. The van der Waals surface area contributed by atoms with Crippen molar-refractivity contribution in [3.8, 4) is 17.2 Å². The number of aryl methyl sites for hydroxylation is 1. The van der Waals surface area contributed by atoms with Gasteiger partial charge < -0.3 is 9.84 Å². The molecule has 0 aliphatic heterocycles. The Morgan fingerprint density at radius 1 is 0.929 bits per heavy atom.